The van der Waals surface area contributed by atoms with Gasteiger partial charge >= 0.3 is 17.9 Å². The van der Waals surface area contributed by atoms with Crippen molar-refractivity contribution in [1.82, 2.24) is 0 Å². The molecular weight excluding hydrogens is 959 g/mol. The third-order valence-electron chi connectivity index (χ3n) is 12.4. The molecule has 0 fully saturated rings. The van der Waals surface area contributed by atoms with Gasteiger partial charge in [-0.2, -0.15) is 0 Å². The number of carbonyl (C=O) groups excluding carboxylic acids is 2. The van der Waals surface area contributed by atoms with Crippen LogP contribution in [0, 0.1) is 0 Å². The second kappa shape index (κ2) is 57.6. The van der Waals surface area contributed by atoms with Gasteiger partial charge in [-0.1, -0.05) is 225 Å². The van der Waals surface area contributed by atoms with Crippen molar-refractivity contribution in [2.75, 3.05) is 47.5 Å². The van der Waals surface area contributed by atoms with Crippen molar-refractivity contribution in [2.24, 2.45) is 0 Å². The first-order valence-corrected chi connectivity index (χ1v) is 30.3. The van der Waals surface area contributed by atoms with E-state index in [2.05, 4.69) is 148 Å². The first-order chi connectivity index (χ1) is 37.6. The Labute approximate surface area is 471 Å². The first kappa shape index (κ1) is 72.4. The summed E-state index contributed by atoms with van der Waals surface area (Å²) in [5.74, 6) is -2.05. The largest absolute Gasteiger partial charge is 0.477 e. The molecule has 0 bridgehead atoms. The number of carboxylic acid groups (broad SMARTS) is 1. The van der Waals surface area contributed by atoms with Crippen LogP contribution in [0.15, 0.2) is 134 Å². The van der Waals surface area contributed by atoms with E-state index in [1.807, 2.05) is 21.1 Å². The summed E-state index contributed by atoms with van der Waals surface area (Å²) in [6, 6.07) is 0. The molecule has 0 radical (unpaired) electrons. The Kier molecular flexibility index (Phi) is 54.2. The molecule has 0 aliphatic heterocycles. The first-order valence-electron chi connectivity index (χ1n) is 30.3. The van der Waals surface area contributed by atoms with E-state index in [-0.39, 0.29) is 38.6 Å². The monoisotopic (exact) mass is 1070 g/mol. The molecule has 77 heavy (non-hydrogen) atoms. The summed E-state index contributed by atoms with van der Waals surface area (Å²) in [6.07, 6.45) is 79.5. The van der Waals surface area contributed by atoms with E-state index in [0.29, 0.717) is 17.4 Å². The highest BCUT2D eigenvalue weighted by Crippen LogP contribution is 2.14. The standard InChI is InChI=1S/C68H111NO8/c1-6-8-10-12-14-16-18-20-22-24-26-27-28-29-30-31-32-33-34-35-36-37-38-39-41-43-45-47-49-51-53-55-57-59-66(71)77-64(63-76-68(67(72)73)74-61-60-69(3,4)5)62-75-65(70)58-56-54-52-50-48-46-44-42-40-25-23-21-19-17-15-13-11-9-7-2/h8,10,14-17,20-23,26-27,29-30,32-33,35-36,38-39,43,45,64,68H,6-7,9,11-13,18-19,24-25,28,31,34,37,40-42,44,46-63H2,1-5H3/p+1/b10-8-,16-14-,17-15-,22-20-,23-21-,27-26-,30-29-,33-32-,36-35-,39-38-,45-43-. The second-order valence-corrected chi connectivity index (χ2v) is 20.9. The van der Waals surface area contributed by atoms with Gasteiger partial charge in [0.05, 0.1) is 34.4 Å². The van der Waals surface area contributed by atoms with Crippen molar-refractivity contribution >= 4 is 17.9 Å². The van der Waals surface area contributed by atoms with Crippen molar-refractivity contribution < 1.29 is 42.9 Å². The Bertz CT molecular complexity index is 1720. The van der Waals surface area contributed by atoms with Gasteiger partial charge in [-0.15, -0.1) is 0 Å². The summed E-state index contributed by atoms with van der Waals surface area (Å²) in [7, 11) is 5.95. The Morgan fingerprint density at radius 2 is 0.740 bits per heavy atom. The number of ether oxygens (including phenoxy) is 4. The fourth-order valence-corrected chi connectivity index (χ4v) is 7.74. The lowest BCUT2D eigenvalue weighted by molar-refractivity contribution is -0.870. The summed E-state index contributed by atoms with van der Waals surface area (Å²) < 4.78 is 22.9. The van der Waals surface area contributed by atoms with Crippen molar-refractivity contribution in [1.29, 1.82) is 0 Å². The summed E-state index contributed by atoms with van der Waals surface area (Å²) >= 11 is 0. The number of aliphatic carboxylic acids is 1. The molecule has 9 nitrogen and oxygen atoms in total. The number of likely N-dealkylation sites (N-methyl/N-ethyl adjacent to an activating group) is 1. The van der Waals surface area contributed by atoms with Crippen molar-refractivity contribution in [2.45, 2.75) is 232 Å². The zero-order valence-electron chi connectivity index (χ0n) is 49.6. The van der Waals surface area contributed by atoms with Crippen LogP contribution in [0.1, 0.15) is 219 Å². The lowest BCUT2D eigenvalue weighted by Gasteiger charge is -2.25. The van der Waals surface area contributed by atoms with E-state index in [4.69, 9.17) is 18.9 Å². The van der Waals surface area contributed by atoms with Gasteiger partial charge in [-0.25, -0.2) is 4.79 Å². The lowest BCUT2D eigenvalue weighted by Crippen LogP contribution is -2.40. The van der Waals surface area contributed by atoms with Gasteiger partial charge in [0, 0.05) is 12.8 Å². The number of hydrogen-bond donors (Lipinski definition) is 1. The van der Waals surface area contributed by atoms with Crippen LogP contribution in [0.3, 0.4) is 0 Å². The normalized spacial score (nSPS) is 13.7. The highest BCUT2D eigenvalue weighted by atomic mass is 16.7. The highest BCUT2D eigenvalue weighted by Gasteiger charge is 2.25. The second-order valence-electron chi connectivity index (χ2n) is 20.9. The van der Waals surface area contributed by atoms with Crippen LogP contribution in [-0.4, -0.2) is 87.4 Å². The number of rotatable bonds is 54. The summed E-state index contributed by atoms with van der Waals surface area (Å²) in [5, 5.41) is 9.71. The van der Waals surface area contributed by atoms with Crippen LogP contribution < -0.4 is 0 Å². The Hall–Kier alpha value is -4.57. The minimum Gasteiger partial charge on any atom is -0.477 e. The quantitative estimate of drug-likeness (QED) is 0.0211. The van der Waals surface area contributed by atoms with Gasteiger partial charge in [0.2, 0.25) is 0 Å². The summed E-state index contributed by atoms with van der Waals surface area (Å²) in [6.45, 7) is 4.69. The molecule has 0 saturated carbocycles. The van der Waals surface area contributed by atoms with E-state index in [1.54, 1.807) is 0 Å². The van der Waals surface area contributed by atoms with E-state index in [0.717, 1.165) is 122 Å². The van der Waals surface area contributed by atoms with Crippen molar-refractivity contribution in [3.05, 3.63) is 134 Å². The van der Waals surface area contributed by atoms with Gasteiger partial charge in [0.25, 0.3) is 6.29 Å². The molecule has 0 aromatic heterocycles. The molecule has 0 aromatic rings. The minimum atomic E-state index is -1.53. The molecule has 436 valence electrons. The van der Waals surface area contributed by atoms with E-state index < -0.39 is 24.3 Å². The van der Waals surface area contributed by atoms with E-state index in [9.17, 15) is 19.5 Å². The number of unbranched alkanes of at least 4 members (excludes halogenated alkanes) is 17. The number of quaternary nitrogens is 1. The van der Waals surface area contributed by atoms with Crippen molar-refractivity contribution in [3.63, 3.8) is 0 Å². The van der Waals surface area contributed by atoms with E-state index >= 15 is 0 Å². The fraction of sp³-hybridized carbons (Fsp3) is 0.632. The maximum atomic E-state index is 12.9. The van der Waals surface area contributed by atoms with Crippen LogP contribution in [0.2, 0.25) is 0 Å². The molecule has 2 unspecified atom stereocenters. The topological polar surface area (TPSA) is 108 Å². The zero-order valence-corrected chi connectivity index (χ0v) is 49.6. The van der Waals surface area contributed by atoms with Gasteiger partial charge in [-0.05, 0) is 116 Å². The van der Waals surface area contributed by atoms with Crippen LogP contribution in [-0.2, 0) is 33.3 Å². The van der Waals surface area contributed by atoms with Crippen LogP contribution in [0.25, 0.3) is 0 Å². The predicted octanol–water partition coefficient (Wildman–Crippen LogP) is 18.2. The predicted molar refractivity (Wildman–Crippen MR) is 327 cm³/mol. The molecule has 0 aromatic carbocycles. The minimum absolute atomic E-state index is 0.175. The van der Waals surface area contributed by atoms with Crippen LogP contribution in [0.4, 0.5) is 0 Å². The number of nitrogens with zero attached hydrogens (tertiary/aromatic N) is 1. The molecule has 0 rings (SSSR count). The fourth-order valence-electron chi connectivity index (χ4n) is 7.74. The molecule has 0 saturated heterocycles. The van der Waals surface area contributed by atoms with Crippen molar-refractivity contribution in [3.8, 4) is 0 Å². The maximum Gasteiger partial charge on any atom is 0.361 e. The Balaban J connectivity index is 4.31. The maximum absolute atomic E-state index is 12.9. The number of allylic oxidation sites excluding steroid dienone is 22. The third-order valence-corrected chi connectivity index (χ3v) is 12.4. The molecule has 0 aliphatic carbocycles. The molecule has 0 amide bonds. The van der Waals surface area contributed by atoms with Crippen LogP contribution >= 0.6 is 0 Å². The highest BCUT2D eigenvalue weighted by molar-refractivity contribution is 5.71. The molecule has 0 spiro atoms. The summed E-state index contributed by atoms with van der Waals surface area (Å²) in [4.78, 5) is 37.5. The van der Waals surface area contributed by atoms with Crippen LogP contribution in [0.5, 0.6) is 0 Å². The molecule has 9 heteroatoms. The number of carboxylic acids is 1. The molecule has 0 aliphatic rings. The summed E-state index contributed by atoms with van der Waals surface area (Å²) in [5.41, 5.74) is 0. The molecule has 0 heterocycles. The van der Waals surface area contributed by atoms with E-state index in [1.165, 1.54) is 64.2 Å². The third kappa shape index (κ3) is 58.9. The number of esters is 2. The smallest absolute Gasteiger partial charge is 0.361 e. The number of hydrogen-bond acceptors (Lipinski definition) is 7. The molecule has 1 N–H and O–H groups in total. The number of carbonyl (C=O) groups is 3. The average Bonchev–Trinajstić information content (AvgIpc) is 3.40. The Morgan fingerprint density at radius 1 is 0.403 bits per heavy atom. The molecule has 2 atom stereocenters. The molecular formula is C68H112NO8+. The van der Waals surface area contributed by atoms with Gasteiger partial charge in [0.15, 0.2) is 6.10 Å². The average molecular weight is 1070 g/mol. The van der Waals surface area contributed by atoms with Gasteiger partial charge in [0.1, 0.15) is 13.2 Å². The lowest BCUT2D eigenvalue weighted by atomic mass is 10.1. The van der Waals surface area contributed by atoms with Gasteiger partial charge in [-0.3, -0.25) is 9.59 Å². The SMILES string of the molecule is CC/C=C\C/C=C\C/C=C\C/C=C\C/C=C\C/C=C\C/C=C\C/C=C\C/C=C\CCCCCCCC(=O)OC(COC(=O)CCCCCCCCCCC/C=C\C/C=C\CCCCC)COC(OCC[N+](C)(C)C)C(=O)O. The van der Waals surface area contributed by atoms with Gasteiger partial charge < -0.3 is 28.5 Å². The zero-order chi connectivity index (χ0) is 56.2. The Morgan fingerprint density at radius 3 is 1.10 bits per heavy atom.